The number of benzene rings is 2. The Balaban J connectivity index is 2.36. The molecule has 6 heteroatoms. The van der Waals surface area contributed by atoms with E-state index in [4.69, 9.17) is 0 Å². The number of phenolic OH excluding ortho intramolecular Hbond substituents is 1. The number of hydrazone groups is 1. The molecule has 0 heterocycles. The Morgan fingerprint density at radius 2 is 2.00 bits per heavy atom. The van der Waals surface area contributed by atoms with Crippen LogP contribution >= 0.6 is 0 Å². The van der Waals surface area contributed by atoms with Gasteiger partial charge < -0.3 is 5.11 Å². The highest BCUT2D eigenvalue weighted by molar-refractivity contribution is 6.01. The van der Waals surface area contributed by atoms with E-state index in [0.717, 1.165) is 30.2 Å². The molecule has 2 rings (SSSR count). The minimum atomic E-state index is -0.543. The first-order chi connectivity index (χ1) is 11.0. The molecule has 0 unspecified atom stereocenters. The van der Waals surface area contributed by atoms with Crippen LogP contribution in [0.3, 0.4) is 0 Å². The molecule has 0 saturated carbocycles. The van der Waals surface area contributed by atoms with Crippen LogP contribution in [0.25, 0.3) is 0 Å². The summed E-state index contributed by atoms with van der Waals surface area (Å²) in [6.07, 6.45) is 1.66. The number of nitrogens with zero attached hydrogens (tertiary/aromatic N) is 2. The van der Waals surface area contributed by atoms with E-state index in [0.29, 0.717) is 5.56 Å². The second kappa shape index (κ2) is 7.40. The van der Waals surface area contributed by atoms with Crippen molar-refractivity contribution in [2.24, 2.45) is 5.10 Å². The second-order valence-electron chi connectivity index (χ2n) is 5.20. The lowest BCUT2D eigenvalue weighted by atomic mass is 10.1. The molecule has 2 aromatic rings. The molecule has 0 amide bonds. The topological polar surface area (TPSA) is 87.8 Å². The highest BCUT2D eigenvalue weighted by atomic mass is 16.6. The molecule has 6 nitrogen and oxygen atoms in total. The summed E-state index contributed by atoms with van der Waals surface area (Å²) in [7, 11) is 0. The molecule has 0 aliphatic rings. The quantitative estimate of drug-likeness (QED) is 0.361. The van der Waals surface area contributed by atoms with Gasteiger partial charge in [0.25, 0.3) is 5.69 Å². The number of phenols is 1. The Kier molecular flexibility index (Phi) is 5.30. The van der Waals surface area contributed by atoms with Gasteiger partial charge in [0.1, 0.15) is 11.4 Å². The van der Waals surface area contributed by atoms with Gasteiger partial charge in [-0.3, -0.25) is 15.5 Å². The lowest BCUT2D eigenvalue weighted by Crippen LogP contribution is -2.05. The van der Waals surface area contributed by atoms with Gasteiger partial charge in [-0.25, -0.2) is 0 Å². The molecule has 0 saturated heterocycles. The SMILES string of the molecule is CCCC(=NNc1cc(C)c(O)cc1[N+](=O)[O-])c1ccccc1. The van der Waals surface area contributed by atoms with Crippen molar-refractivity contribution in [2.45, 2.75) is 26.7 Å². The molecule has 0 radical (unpaired) electrons. The van der Waals surface area contributed by atoms with Gasteiger partial charge in [-0.05, 0) is 30.5 Å². The van der Waals surface area contributed by atoms with Crippen LogP contribution in [0.15, 0.2) is 47.6 Å². The maximum atomic E-state index is 11.1. The van der Waals surface area contributed by atoms with E-state index in [1.54, 1.807) is 6.92 Å². The van der Waals surface area contributed by atoms with Crippen LogP contribution in [-0.4, -0.2) is 15.7 Å². The van der Waals surface area contributed by atoms with Gasteiger partial charge in [-0.2, -0.15) is 5.10 Å². The maximum absolute atomic E-state index is 11.1. The molecule has 2 aromatic carbocycles. The molecule has 0 atom stereocenters. The van der Waals surface area contributed by atoms with Crippen LogP contribution in [-0.2, 0) is 0 Å². The molecular formula is C17H19N3O3. The number of anilines is 1. The number of hydrogen-bond donors (Lipinski definition) is 2. The molecule has 0 spiro atoms. The van der Waals surface area contributed by atoms with Crippen LogP contribution in [0.1, 0.15) is 30.9 Å². The zero-order valence-corrected chi connectivity index (χ0v) is 13.1. The van der Waals surface area contributed by atoms with Crippen molar-refractivity contribution in [2.75, 3.05) is 5.43 Å². The van der Waals surface area contributed by atoms with E-state index < -0.39 is 4.92 Å². The fourth-order valence-electron chi connectivity index (χ4n) is 2.19. The highest BCUT2D eigenvalue weighted by Crippen LogP contribution is 2.31. The number of hydrogen-bond acceptors (Lipinski definition) is 5. The van der Waals surface area contributed by atoms with Gasteiger partial charge in [0.2, 0.25) is 0 Å². The van der Waals surface area contributed by atoms with E-state index in [1.165, 1.54) is 6.07 Å². The first kappa shape index (κ1) is 16.5. The summed E-state index contributed by atoms with van der Waals surface area (Å²) in [5, 5.41) is 25.1. The molecule has 2 N–H and O–H groups in total. The number of nitrogens with one attached hydrogen (secondary N) is 1. The van der Waals surface area contributed by atoms with E-state index in [9.17, 15) is 15.2 Å². The monoisotopic (exact) mass is 313 g/mol. The van der Waals surface area contributed by atoms with E-state index in [-0.39, 0.29) is 17.1 Å². The molecule has 23 heavy (non-hydrogen) atoms. The molecule has 0 aromatic heterocycles. The number of nitro groups is 1. The summed E-state index contributed by atoms with van der Waals surface area (Å²) in [4.78, 5) is 10.6. The van der Waals surface area contributed by atoms with E-state index >= 15 is 0 Å². The zero-order valence-electron chi connectivity index (χ0n) is 13.1. The third kappa shape index (κ3) is 4.06. The Morgan fingerprint density at radius 1 is 1.30 bits per heavy atom. The summed E-state index contributed by atoms with van der Waals surface area (Å²) >= 11 is 0. The van der Waals surface area contributed by atoms with Crippen LogP contribution in [0.5, 0.6) is 5.75 Å². The van der Waals surface area contributed by atoms with Gasteiger partial charge in [-0.15, -0.1) is 0 Å². The smallest absolute Gasteiger partial charge is 0.297 e. The fraction of sp³-hybridized carbons (Fsp3) is 0.235. The maximum Gasteiger partial charge on any atom is 0.297 e. The number of aryl methyl sites for hydroxylation is 1. The fourth-order valence-corrected chi connectivity index (χ4v) is 2.19. The summed E-state index contributed by atoms with van der Waals surface area (Å²) in [5.41, 5.74) is 5.18. The molecule has 0 aliphatic heterocycles. The van der Waals surface area contributed by atoms with E-state index in [2.05, 4.69) is 10.5 Å². The van der Waals surface area contributed by atoms with Crippen molar-refractivity contribution in [3.8, 4) is 5.75 Å². The molecule has 120 valence electrons. The predicted molar refractivity (Wildman–Crippen MR) is 91.0 cm³/mol. The lowest BCUT2D eigenvalue weighted by Gasteiger charge is -2.09. The van der Waals surface area contributed by atoms with Crippen molar-refractivity contribution in [1.82, 2.24) is 0 Å². The number of nitro benzene ring substituents is 1. The van der Waals surface area contributed by atoms with Crippen LogP contribution < -0.4 is 5.43 Å². The van der Waals surface area contributed by atoms with Crippen molar-refractivity contribution in [3.05, 3.63) is 63.7 Å². The van der Waals surface area contributed by atoms with Gasteiger partial charge in [0, 0.05) is 0 Å². The van der Waals surface area contributed by atoms with Gasteiger partial charge >= 0.3 is 0 Å². The summed E-state index contributed by atoms with van der Waals surface area (Å²) < 4.78 is 0. The average Bonchev–Trinajstić information content (AvgIpc) is 2.54. The van der Waals surface area contributed by atoms with Crippen LogP contribution in [0.4, 0.5) is 11.4 Å². The van der Waals surface area contributed by atoms with Crippen molar-refractivity contribution >= 4 is 17.1 Å². The zero-order chi connectivity index (χ0) is 16.8. The third-order valence-electron chi connectivity index (χ3n) is 3.42. The number of rotatable bonds is 6. The van der Waals surface area contributed by atoms with E-state index in [1.807, 2.05) is 37.3 Å². The summed E-state index contributed by atoms with van der Waals surface area (Å²) in [5.74, 6) is -0.108. The van der Waals surface area contributed by atoms with Gasteiger partial charge in [0.05, 0.1) is 16.7 Å². The lowest BCUT2D eigenvalue weighted by molar-refractivity contribution is -0.384. The first-order valence-corrected chi connectivity index (χ1v) is 7.39. The average molecular weight is 313 g/mol. The highest BCUT2D eigenvalue weighted by Gasteiger charge is 2.16. The molecular weight excluding hydrogens is 294 g/mol. The predicted octanol–water partition coefficient (Wildman–Crippen LogP) is 4.23. The second-order valence-corrected chi connectivity index (χ2v) is 5.20. The van der Waals surface area contributed by atoms with Gasteiger partial charge in [0.15, 0.2) is 0 Å². The molecule has 0 fully saturated rings. The standard InChI is InChI=1S/C17H19N3O3/c1-3-7-14(13-8-5-4-6-9-13)18-19-15-10-12(2)17(21)11-16(15)20(22)23/h4-6,8-11,19,21H,3,7H2,1-2H3. The minimum absolute atomic E-state index is 0.108. The third-order valence-corrected chi connectivity index (χ3v) is 3.42. The van der Waals surface area contributed by atoms with Crippen LogP contribution in [0.2, 0.25) is 0 Å². The summed E-state index contributed by atoms with van der Waals surface area (Å²) in [6, 6.07) is 12.3. The van der Waals surface area contributed by atoms with Crippen molar-refractivity contribution in [1.29, 1.82) is 0 Å². The normalized spacial score (nSPS) is 11.3. The number of aromatic hydroxyl groups is 1. The van der Waals surface area contributed by atoms with Crippen LogP contribution in [0, 0.1) is 17.0 Å². The molecule has 0 bridgehead atoms. The van der Waals surface area contributed by atoms with Crippen molar-refractivity contribution < 1.29 is 10.0 Å². The first-order valence-electron chi connectivity index (χ1n) is 7.39. The van der Waals surface area contributed by atoms with Gasteiger partial charge in [-0.1, -0.05) is 43.7 Å². The Morgan fingerprint density at radius 3 is 2.61 bits per heavy atom. The largest absolute Gasteiger partial charge is 0.507 e. The summed E-state index contributed by atoms with van der Waals surface area (Å²) in [6.45, 7) is 3.73. The minimum Gasteiger partial charge on any atom is -0.507 e. The Hall–Kier alpha value is -2.89. The van der Waals surface area contributed by atoms with Crippen molar-refractivity contribution in [3.63, 3.8) is 0 Å². The Labute approximate surface area is 134 Å². The molecule has 0 aliphatic carbocycles. The Bertz CT molecular complexity index is 727.